The highest BCUT2D eigenvalue weighted by atomic mass is 31.0. The zero-order valence-electron chi connectivity index (χ0n) is 12.6. The number of hydrogen-bond donors (Lipinski definition) is 1. The van der Waals surface area contributed by atoms with E-state index in [0.29, 0.717) is 0 Å². The van der Waals surface area contributed by atoms with Crippen LogP contribution in [0.3, 0.4) is 0 Å². The van der Waals surface area contributed by atoms with Crippen molar-refractivity contribution < 1.29 is 0 Å². The van der Waals surface area contributed by atoms with E-state index in [0.717, 1.165) is 11.4 Å². The lowest BCUT2D eigenvalue weighted by molar-refractivity contribution is 1.66. The molecule has 0 radical (unpaired) electrons. The minimum atomic E-state index is 1.15. The van der Waals surface area contributed by atoms with Gasteiger partial charge in [-0.2, -0.15) is 0 Å². The summed E-state index contributed by atoms with van der Waals surface area (Å²) in [5, 5.41) is 11.0. The smallest absolute Gasteiger partial charge is 0.0536 e. The lowest BCUT2D eigenvalue weighted by Gasteiger charge is -2.17. The van der Waals surface area contributed by atoms with Crippen LogP contribution in [0.4, 0.5) is 11.4 Å². The largest absolute Gasteiger partial charge is 0.353 e. The SMILES string of the molecule is Pc1ccc2ccccc2c1Nc1c(P)ccc2ccccc12. The second-order valence-corrected chi connectivity index (χ2v) is 6.87. The van der Waals surface area contributed by atoms with Crippen LogP contribution in [-0.2, 0) is 0 Å². The third-order valence-corrected chi connectivity index (χ3v) is 5.13. The van der Waals surface area contributed by atoms with Crippen LogP contribution in [0, 0.1) is 0 Å². The van der Waals surface area contributed by atoms with Gasteiger partial charge in [-0.3, -0.25) is 0 Å². The average molecular weight is 333 g/mol. The zero-order valence-corrected chi connectivity index (χ0v) is 14.9. The molecule has 0 aromatic heterocycles. The third kappa shape index (κ3) is 2.61. The maximum Gasteiger partial charge on any atom is 0.0536 e. The summed E-state index contributed by atoms with van der Waals surface area (Å²) in [4.78, 5) is 0. The van der Waals surface area contributed by atoms with Crippen LogP contribution in [0.5, 0.6) is 0 Å². The average Bonchev–Trinajstić information content (AvgIpc) is 2.59. The number of anilines is 2. The van der Waals surface area contributed by atoms with E-state index in [4.69, 9.17) is 0 Å². The number of rotatable bonds is 2. The summed E-state index contributed by atoms with van der Waals surface area (Å²) in [7, 11) is 5.68. The van der Waals surface area contributed by atoms with Gasteiger partial charge < -0.3 is 5.32 Å². The molecule has 0 spiro atoms. The van der Waals surface area contributed by atoms with Crippen LogP contribution in [0.25, 0.3) is 21.5 Å². The van der Waals surface area contributed by atoms with Gasteiger partial charge in [-0.25, -0.2) is 0 Å². The predicted molar refractivity (Wildman–Crippen MR) is 110 cm³/mol. The maximum atomic E-state index is 3.68. The van der Waals surface area contributed by atoms with E-state index < -0.39 is 0 Å². The molecule has 2 atom stereocenters. The molecule has 0 saturated carbocycles. The first-order valence-electron chi connectivity index (χ1n) is 7.55. The zero-order chi connectivity index (χ0) is 15.8. The van der Waals surface area contributed by atoms with E-state index in [1.54, 1.807) is 0 Å². The number of nitrogens with one attached hydrogen (secondary N) is 1. The van der Waals surface area contributed by atoms with Crippen LogP contribution < -0.4 is 15.9 Å². The van der Waals surface area contributed by atoms with Gasteiger partial charge in [0.15, 0.2) is 0 Å². The minimum Gasteiger partial charge on any atom is -0.353 e. The van der Waals surface area contributed by atoms with Crippen molar-refractivity contribution in [3.8, 4) is 0 Å². The molecule has 0 bridgehead atoms. The molecule has 4 aromatic carbocycles. The summed E-state index contributed by atoms with van der Waals surface area (Å²) in [5.74, 6) is 0. The molecule has 0 amide bonds. The molecule has 1 N–H and O–H groups in total. The number of benzene rings is 4. The molecule has 0 aliphatic rings. The summed E-state index contributed by atoms with van der Waals surface area (Å²) < 4.78 is 0. The summed E-state index contributed by atoms with van der Waals surface area (Å²) in [6, 6.07) is 25.6. The van der Waals surface area contributed by atoms with Gasteiger partial charge in [0.2, 0.25) is 0 Å². The second kappa shape index (κ2) is 5.93. The number of fused-ring (bicyclic) bond motifs is 2. The third-order valence-electron chi connectivity index (χ3n) is 4.17. The number of hydrogen-bond acceptors (Lipinski definition) is 1. The Bertz CT molecular complexity index is 941. The molecule has 112 valence electrons. The van der Waals surface area contributed by atoms with Gasteiger partial charge in [0, 0.05) is 10.8 Å². The van der Waals surface area contributed by atoms with Gasteiger partial charge in [0.25, 0.3) is 0 Å². The first-order chi connectivity index (χ1) is 11.2. The van der Waals surface area contributed by atoms with Crippen LogP contribution in [0.15, 0.2) is 72.8 Å². The molecule has 0 fully saturated rings. The van der Waals surface area contributed by atoms with E-state index in [1.165, 1.54) is 32.2 Å². The van der Waals surface area contributed by atoms with Crippen molar-refractivity contribution in [2.45, 2.75) is 0 Å². The van der Waals surface area contributed by atoms with Gasteiger partial charge in [-0.15, -0.1) is 18.5 Å². The van der Waals surface area contributed by atoms with E-state index in [1.807, 2.05) is 0 Å². The van der Waals surface area contributed by atoms with Crippen molar-refractivity contribution in [2.24, 2.45) is 0 Å². The summed E-state index contributed by atoms with van der Waals surface area (Å²) >= 11 is 0. The van der Waals surface area contributed by atoms with Crippen molar-refractivity contribution in [1.82, 2.24) is 0 Å². The monoisotopic (exact) mass is 333 g/mol. The molecule has 0 heterocycles. The molecule has 4 aromatic rings. The van der Waals surface area contributed by atoms with Crippen LogP contribution in [0.1, 0.15) is 0 Å². The molecule has 1 nitrogen and oxygen atoms in total. The van der Waals surface area contributed by atoms with Gasteiger partial charge in [0.1, 0.15) is 0 Å². The standard InChI is InChI=1S/C20H17NP2/c22-17-11-9-13-5-1-3-7-15(13)19(17)21-20-16-8-4-2-6-14(16)10-12-18(20)23/h1-12,21H,22-23H2. The Morgan fingerprint density at radius 1 is 0.522 bits per heavy atom. The Kier molecular flexibility index (Phi) is 3.77. The van der Waals surface area contributed by atoms with Crippen LogP contribution in [-0.4, -0.2) is 0 Å². The minimum absolute atomic E-state index is 1.15. The van der Waals surface area contributed by atoms with E-state index in [9.17, 15) is 0 Å². The lowest BCUT2D eigenvalue weighted by Crippen LogP contribution is -2.08. The highest BCUT2D eigenvalue weighted by Gasteiger charge is 2.09. The molecule has 23 heavy (non-hydrogen) atoms. The van der Waals surface area contributed by atoms with Gasteiger partial charge >= 0.3 is 0 Å². The van der Waals surface area contributed by atoms with Crippen molar-refractivity contribution in [1.29, 1.82) is 0 Å². The van der Waals surface area contributed by atoms with E-state index in [2.05, 4.69) is 96.6 Å². The molecular formula is C20H17NP2. The fourth-order valence-electron chi connectivity index (χ4n) is 2.98. The quantitative estimate of drug-likeness (QED) is 0.523. The lowest BCUT2D eigenvalue weighted by atomic mass is 10.1. The van der Waals surface area contributed by atoms with Crippen molar-refractivity contribution in [2.75, 3.05) is 5.32 Å². The van der Waals surface area contributed by atoms with Crippen molar-refractivity contribution >= 4 is 62.0 Å². The molecule has 4 rings (SSSR count). The van der Waals surface area contributed by atoms with Crippen molar-refractivity contribution in [3.05, 3.63) is 72.8 Å². The first kappa shape index (κ1) is 14.6. The first-order valence-corrected chi connectivity index (χ1v) is 8.71. The molecular weight excluding hydrogens is 316 g/mol. The summed E-state index contributed by atoms with van der Waals surface area (Å²) in [6.45, 7) is 0. The fraction of sp³-hybridized carbons (Fsp3) is 0. The molecule has 0 aliphatic carbocycles. The summed E-state index contributed by atoms with van der Waals surface area (Å²) in [5.41, 5.74) is 2.29. The van der Waals surface area contributed by atoms with Crippen molar-refractivity contribution in [3.63, 3.8) is 0 Å². The Morgan fingerprint density at radius 2 is 0.957 bits per heavy atom. The van der Waals surface area contributed by atoms with Gasteiger partial charge in [-0.1, -0.05) is 72.8 Å². The van der Waals surface area contributed by atoms with Crippen LogP contribution in [0.2, 0.25) is 0 Å². The Labute approximate surface area is 140 Å². The Morgan fingerprint density at radius 3 is 1.43 bits per heavy atom. The maximum absolute atomic E-state index is 3.68. The molecule has 0 saturated heterocycles. The highest BCUT2D eigenvalue weighted by molar-refractivity contribution is 7.28. The van der Waals surface area contributed by atoms with Gasteiger partial charge in [-0.05, 0) is 21.4 Å². The molecule has 2 unspecified atom stereocenters. The molecule has 0 aliphatic heterocycles. The van der Waals surface area contributed by atoms with Crippen LogP contribution >= 0.6 is 18.5 Å². The Balaban J connectivity index is 1.95. The summed E-state index contributed by atoms with van der Waals surface area (Å²) in [6.07, 6.45) is 0. The Hall–Kier alpha value is -1.94. The predicted octanol–water partition coefficient (Wildman–Crippen LogP) is 4.74. The van der Waals surface area contributed by atoms with Gasteiger partial charge in [0.05, 0.1) is 11.4 Å². The second-order valence-electron chi connectivity index (χ2n) is 5.63. The fourth-order valence-corrected chi connectivity index (χ4v) is 3.63. The topological polar surface area (TPSA) is 12.0 Å². The normalized spacial score (nSPS) is 11.0. The molecule has 3 heteroatoms. The van der Waals surface area contributed by atoms with E-state index >= 15 is 0 Å². The highest BCUT2D eigenvalue weighted by Crippen LogP contribution is 2.30. The van der Waals surface area contributed by atoms with E-state index in [-0.39, 0.29) is 0 Å².